The van der Waals surface area contributed by atoms with Gasteiger partial charge in [-0.2, -0.15) is 11.8 Å². The van der Waals surface area contributed by atoms with E-state index >= 15 is 0 Å². The predicted octanol–water partition coefficient (Wildman–Crippen LogP) is 4.19. The number of allylic oxidation sites excluding steroid dienone is 2. The zero-order chi connectivity index (χ0) is 18.7. The van der Waals surface area contributed by atoms with Crippen LogP contribution in [0.4, 0.5) is 0 Å². The van der Waals surface area contributed by atoms with E-state index in [9.17, 15) is 4.79 Å². The third-order valence-corrected chi connectivity index (χ3v) is 5.16. The molecule has 3 nitrogen and oxygen atoms in total. The number of aldehydes is 1. The highest BCUT2D eigenvalue weighted by atomic mass is 32.2. The van der Waals surface area contributed by atoms with Crippen molar-refractivity contribution >= 4 is 29.0 Å². The van der Waals surface area contributed by atoms with Crippen molar-refractivity contribution in [3.05, 3.63) is 61.3 Å². The fourth-order valence-electron chi connectivity index (χ4n) is 2.30. The Morgan fingerprint density at radius 2 is 1.88 bits per heavy atom. The van der Waals surface area contributed by atoms with Gasteiger partial charge in [-0.25, -0.2) is 0 Å². The molecule has 1 aliphatic rings. The number of aryl methyl sites for hydroxylation is 1. The summed E-state index contributed by atoms with van der Waals surface area (Å²) < 4.78 is 2.21. The highest BCUT2D eigenvalue weighted by Gasteiger charge is 2.15. The van der Waals surface area contributed by atoms with Crippen LogP contribution in [0, 0.1) is 5.92 Å². The van der Waals surface area contributed by atoms with Crippen LogP contribution in [-0.4, -0.2) is 47.9 Å². The van der Waals surface area contributed by atoms with Crippen molar-refractivity contribution in [2.45, 2.75) is 6.42 Å². The number of carbonyl (C=O) groups is 1. The van der Waals surface area contributed by atoms with E-state index in [1.54, 1.807) is 12.2 Å². The number of carbonyl (C=O) groups excluding carboxylic acids is 1. The number of rotatable bonds is 5. The summed E-state index contributed by atoms with van der Waals surface area (Å²) in [6.07, 6.45) is 7.68. The van der Waals surface area contributed by atoms with Gasteiger partial charge in [-0.1, -0.05) is 43.5 Å². The Hall–Kier alpha value is -1.78. The molecule has 0 N–H and O–H groups in total. The number of fused-ring (bicyclic) bond motifs is 1. The minimum atomic E-state index is 0.398. The Bertz CT molecular complexity index is 666. The Balaban J connectivity index is 0.000000257. The second-order valence-electron chi connectivity index (χ2n) is 6.24. The molecule has 0 bridgehead atoms. The normalized spacial score (nSPS) is 13.1. The molecule has 0 spiro atoms. The molecule has 0 atom stereocenters. The molecular weight excluding hydrogens is 328 g/mol. The van der Waals surface area contributed by atoms with E-state index in [-0.39, 0.29) is 0 Å². The molecule has 1 aromatic heterocycles. The molecular formula is C21H30N2OS. The summed E-state index contributed by atoms with van der Waals surface area (Å²) in [5.41, 5.74) is 2.77. The topological polar surface area (TPSA) is 25.2 Å². The molecule has 0 radical (unpaired) electrons. The number of thioether (sulfide) groups is 1. The fourth-order valence-corrected chi connectivity index (χ4v) is 2.97. The predicted molar refractivity (Wildman–Crippen MR) is 112 cm³/mol. The molecule has 0 aliphatic carbocycles. The minimum absolute atomic E-state index is 0.398. The first kappa shape index (κ1) is 21.3. The summed E-state index contributed by atoms with van der Waals surface area (Å²) in [5.74, 6) is 2.52. The van der Waals surface area contributed by atoms with E-state index in [0.29, 0.717) is 5.92 Å². The zero-order valence-electron chi connectivity index (χ0n) is 15.6. The number of hydrogen-bond acceptors (Lipinski definition) is 3. The van der Waals surface area contributed by atoms with Crippen LogP contribution in [0.15, 0.2) is 55.8 Å². The monoisotopic (exact) mass is 358 g/mol. The van der Waals surface area contributed by atoms with Gasteiger partial charge >= 0.3 is 0 Å². The average Bonchev–Trinajstić information content (AvgIpc) is 2.89. The van der Waals surface area contributed by atoms with Gasteiger partial charge in [0, 0.05) is 48.1 Å². The Kier molecular flexibility index (Phi) is 9.97. The first-order valence-corrected chi connectivity index (χ1v) is 9.63. The standard InChI is InChI=1S/C13H18N2.C4H6OS.C4H6/c1-14(2)9-8-11-10-15(3)13-7-5-4-6-12(11)13;5-1-4-2-6-3-4;1-3-4-2/h4-7,10H,8-9H2,1-3H3;1,4H,2-3H2;3-4H,1-2H2. The molecule has 3 rings (SSSR count). The number of aromatic nitrogens is 1. The van der Waals surface area contributed by atoms with Gasteiger partial charge in [-0.15, -0.1) is 0 Å². The lowest BCUT2D eigenvalue weighted by Crippen LogP contribution is -2.18. The molecule has 1 aliphatic heterocycles. The van der Waals surface area contributed by atoms with Gasteiger partial charge in [0.1, 0.15) is 6.29 Å². The summed E-state index contributed by atoms with van der Waals surface area (Å²) in [6.45, 7) is 7.83. The highest BCUT2D eigenvalue weighted by Crippen LogP contribution is 2.21. The largest absolute Gasteiger partial charge is 0.350 e. The first-order chi connectivity index (χ1) is 12.0. The third kappa shape index (κ3) is 7.32. The van der Waals surface area contributed by atoms with Gasteiger partial charge in [0.25, 0.3) is 0 Å². The van der Waals surface area contributed by atoms with E-state index in [1.165, 1.54) is 16.5 Å². The Morgan fingerprint density at radius 3 is 2.32 bits per heavy atom. The number of para-hydroxylation sites is 1. The maximum Gasteiger partial charge on any atom is 0.124 e. The van der Waals surface area contributed by atoms with Crippen molar-refractivity contribution in [3.63, 3.8) is 0 Å². The quantitative estimate of drug-likeness (QED) is 0.592. The van der Waals surface area contributed by atoms with E-state index < -0.39 is 0 Å². The molecule has 136 valence electrons. The van der Waals surface area contributed by atoms with Crippen LogP contribution in [0.3, 0.4) is 0 Å². The second-order valence-corrected chi connectivity index (χ2v) is 7.32. The molecule has 25 heavy (non-hydrogen) atoms. The number of benzene rings is 1. The molecule has 0 amide bonds. The lowest BCUT2D eigenvalue weighted by atomic mass is 10.1. The SMILES string of the molecule is C=CC=C.CN(C)CCc1cn(C)c2ccccc12.O=CC1CSC1. The number of likely N-dealkylation sites (N-methyl/N-ethyl adjacent to an activating group) is 1. The molecule has 2 heterocycles. The average molecular weight is 359 g/mol. The van der Waals surface area contributed by atoms with E-state index in [2.05, 4.69) is 74.2 Å². The van der Waals surface area contributed by atoms with Gasteiger partial charge in [-0.3, -0.25) is 0 Å². The van der Waals surface area contributed by atoms with Crippen molar-refractivity contribution in [1.29, 1.82) is 0 Å². The summed E-state index contributed by atoms with van der Waals surface area (Å²) in [4.78, 5) is 12.0. The van der Waals surface area contributed by atoms with Crippen LogP contribution in [0.1, 0.15) is 5.56 Å². The fraction of sp³-hybridized carbons (Fsp3) is 0.381. The van der Waals surface area contributed by atoms with Crippen molar-refractivity contribution in [2.24, 2.45) is 13.0 Å². The number of nitrogens with zero attached hydrogens (tertiary/aromatic N) is 2. The smallest absolute Gasteiger partial charge is 0.124 e. The Morgan fingerprint density at radius 1 is 1.24 bits per heavy atom. The van der Waals surface area contributed by atoms with Crippen LogP contribution >= 0.6 is 11.8 Å². The molecule has 2 aromatic rings. The van der Waals surface area contributed by atoms with Gasteiger partial charge in [0.2, 0.25) is 0 Å². The third-order valence-electron chi connectivity index (χ3n) is 3.83. The zero-order valence-corrected chi connectivity index (χ0v) is 16.5. The molecule has 0 saturated carbocycles. The molecule has 1 saturated heterocycles. The summed E-state index contributed by atoms with van der Waals surface area (Å²) in [7, 11) is 6.34. The first-order valence-electron chi connectivity index (χ1n) is 8.47. The highest BCUT2D eigenvalue weighted by molar-refractivity contribution is 8.00. The lowest BCUT2D eigenvalue weighted by molar-refractivity contribution is -0.110. The lowest BCUT2D eigenvalue weighted by Gasteiger charge is -2.17. The van der Waals surface area contributed by atoms with Crippen molar-refractivity contribution < 1.29 is 4.79 Å². The van der Waals surface area contributed by atoms with Crippen LogP contribution in [0.5, 0.6) is 0 Å². The summed E-state index contributed by atoms with van der Waals surface area (Å²) in [5, 5.41) is 1.39. The molecule has 1 fully saturated rings. The summed E-state index contributed by atoms with van der Waals surface area (Å²) >= 11 is 1.84. The van der Waals surface area contributed by atoms with Gasteiger partial charge in [-0.05, 0) is 32.1 Å². The van der Waals surface area contributed by atoms with Crippen molar-refractivity contribution in [3.8, 4) is 0 Å². The molecule has 1 aromatic carbocycles. The van der Waals surface area contributed by atoms with Crippen LogP contribution in [0.2, 0.25) is 0 Å². The second kappa shape index (κ2) is 11.7. The van der Waals surface area contributed by atoms with Gasteiger partial charge < -0.3 is 14.3 Å². The minimum Gasteiger partial charge on any atom is -0.350 e. The Labute approximate surface area is 156 Å². The van der Waals surface area contributed by atoms with Gasteiger partial charge in [0.15, 0.2) is 0 Å². The van der Waals surface area contributed by atoms with Gasteiger partial charge in [0.05, 0.1) is 0 Å². The van der Waals surface area contributed by atoms with E-state index in [4.69, 9.17) is 0 Å². The molecule has 4 heteroatoms. The van der Waals surface area contributed by atoms with E-state index in [1.807, 2.05) is 11.8 Å². The molecule has 0 unspecified atom stereocenters. The maximum atomic E-state index is 9.77. The van der Waals surface area contributed by atoms with E-state index in [0.717, 1.165) is 30.8 Å². The van der Waals surface area contributed by atoms with Crippen LogP contribution in [-0.2, 0) is 18.3 Å². The summed E-state index contributed by atoms with van der Waals surface area (Å²) in [6, 6.07) is 8.59. The van der Waals surface area contributed by atoms with Crippen LogP contribution in [0.25, 0.3) is 10.9 Å². The maximum absolute atomic E-state index is 9.77. The van der Waals surface area contributed by atoms with Crippen LogP contribution < -0.4 is 0 Å². The number of hydrogen-bond donors (Lipinski definition) is 0. The van der Waals surface area contributed by atoms with Crippen molar-refractivity contribution in [1.82, 2.24) is 9.47 Å². The van der Waals surface area contributed by atoms with Crippen molar-refractivity contribution in [2.75, 3.05) is 32.1 Å².